The van der Waals surface area contributed by atoms with E-state index in [0.717, 1.165) is 43.6 Å². The van der Waals surface area contributed by atoms with Gasteiger partial charge in [0.25, 0.3) is 5.91 Å². The molecule has 2 fully saturated rings. The number of nitrogens with one attached hydrogen (secondary N) is 2. The lowest BCUT2D eigenvalue weighted by Crippen LogP contribution is -2.54. The van der Waals surface area contributed by atoms with Crippen molar-refractivity contribution in [2.75, 3.05) is 36.5 Å². The number of nitrogens with zero attached hydrogens (tertiary/aromatic N) is 5. The van der Waals surface area contributed by atoms with E-state index in [1.807, 2.05) is 6.07 Å². The minimum absolute atomic E-state index is 0.206. The summed E-state index contributed by atoms with van der Waals surface area (Å²) in [7, 11) is 1.73. The number of ether oxygens (including phenoxy) is 2. The first-order chi connectivity index (χ1) is 18.8. The number of fused-ring (bicyclic) bond motifs is 2. The van der Waals surface area contributed by atoms with Crippen molar-refractivity contribution in [2.24, 2.45) is 7.05 Å². The standard InChI is InChI=1S/C28H32FN7O3/c1-16-13-36(14-17(2)31-16)24-5-4-21(26-22(24)12-30-28(33-26)39-9-7-20-6-8-38-20)27(37)32-19-10-18-15-35(3)34-25(18)23(29)11-19/h4-5,10-12,15-17,20,31H,6-9,13-14H2,1-3H3,(H,32,37). The van der Waals surface area contributed by atoms with Gasteiger partial charge in [-0.05, 0) is 44.5 Å². The summed E-state index contributed by atoms with van der Waals surface area (Å²) in [6, 6.07) is 7.50. The number of rotatable bonds is 7. The highest BCUT2D eigenvalue weighted by molar-refractivity contribution is 6.14. The van der Waals surface area contributed by atoms with Crippen LogP contribution < -0.4 is 20.3 Å². The van der Waals surface area contributed by atoms with E-state index < -0.39 is 11.7 Å². The molecule has 204 valence electrons. The van der Waals surface area contributed by atoms with Crippen LogP contribution >= 0.6 is 0 Å². The average Bonchev–Trinajstić information content (AvgIpc) is 3.24. The Labute approximate surface area is 225 Å². The molecule has 4 aromatic rings. The van der Waals surface area contributed by atoms with Crippen LogP contribution in [-0.4, -0.2) is 70.1 Å². The second-order valence-corrected chi connectivity index (χ2v) is 10.5. The molecule has 0 spiro atoms. The zero-order chi connectivity index (χ0) is 27.1. The van der Waals surface area contributed by atoms with Gasteiger partial charge in [0.05, 0.1) is 23.8 Å². The van der Waals surface area contributed by atoms with Gasteiger partial charge in [0.2, 0.25) is 0 Å². The van der Waals surface area contributed by atoms with Crippen molar-refractivity contribution < 1.29 is 18.7 Å². The predicted octanol–water partition coefficient (Wildman–Crippen LogP) is 3.65. The highest BCUT2D eigenvalue weighted by Gasteiger charge is 2.25. The maximum Gasteiger partial charge on any atom is 0.316 e. The molecule has 6 rings (SSSR count). The van der Waals surface area contributed by atoms with Crippen molar-refractivity contribution >= 4 is 39.1 Å². The lowest BCUT2D eigenvalue weighted by molar-refractivity contribution is -0.0600. The molecule has 11 heteroatoms. The maximum atomic E-state index is 14.7. The molecular weight excluding hydrogens is 501 g/mol. The summed E-state index contributed by atoms with van der Waals surface area (Å²) in [5, 5.41) is 11.9. The van der Waals surface area contributed by atoms with Gasteiger partial charge in [-0.25, -0.2) is 9.37 Å². The largest absolute Gasteiger partial charge is 0.463 e. The van der Waals surface area contributed by atoms with Crippen molar-refractivity contribution in [1.82, 2.24) is 25.1 Å². The number of amides is 1. The summed E-state index contributed by atoms with van der Waals surface area (Å²) in [5.74, 6) is -0.900. The van der Waals surface area contributed by atoms with E-state index in [9.17, 15) is 9.18 Å². The van der Waals surface area contributed by atoms with Crippen molar-refractivity contribution in [3.63, 3.8) is 0 Å². The van der Waals surface area contributed by atoms with Gasteiger partial charge in [-0.1, -0.05) is 0 Å². The predicted molar refractivity (Wildman–Crippen MR) is 147 cm³/mol. The van der Waals surface area contributed by atoms with Gasteiger partial charge in [-0.15, -0.1) is 0 Å². The lowest BCUT2D eigenvalue weighted by Gasteiger charge is -2.38. The highest BCUT2D eigenvalue weighted by Crippen LogP contribution is 2.31. The van der Waals surface area contributed by atoms with Gasteiger partial charge in [-0.3, -0.25) is 9.48 Å². The van der Waals surface area contributed by atoms with E-state index in [1.165, 1.54) is 6.07 Å². The van der Waals surface area contributed by atoms with Gasteiger partial charge in [0, 0.05) is 79.8 Å². The zero-order valence-corrected chi connectivity index (χ0v) is 22.3. The molecule has 39 heavy (non-hydrogen) atoms. The van der Waals surface area contributed by atoms with E-state index in [0.29, 0.717) is 40.8 Å². The summed E-state index contributed by atoms with van der Waals surface area (Å²) in [5.41, 5.74) is 2.39. The molecule has 0 aliphatic carbocycles. The van der Waals surface area contributed by atoms with Crippen LogP contribution in [0.4, 0.5) is 15.8 Å². The number of benzene rings is 2. The summed E-state index contributed by atoms with van der Waals surface area (Å²) in [6.45, 7) is 7.15. The van der Waals surface area contributed by atoms with E-state index in [-0.39, 0.29) is 17.6 Å². The van der Waals surface area contributed by atoms with Crippen LogP contribution in [0.2, 0.25) is 0 Å². The van der Waals surface area contributed by atoms with Crippen LogP contribution in [0.1, 0.15) is 37.0 Å². The average molecular weight is 534 g/mol. The number of anilines is 2. The third-order valence-electron chi connectivity index (χ3n) is 7.25. The van der Waals surface area contributed by atoms with Crippen molar-refractivity contribution in [3.05, 3.63) is 48.0 Å². The summed E-state index contributed by atoms with van der Waals surface area (Å²) < 4.78 is 27.5. The number of carbonyl (C=O) groups is 1. The van der Waals surface area contributed by atoms with E-state index >= 15 is 0 Å². The Balaban J connectivity index is 1.34. The van der Waals surface area contributed by atoms with Gasteiger partial charge in [0.1, 0.15) is 5.52 Å². The molecule has 0 saturated carbocycles. The van der Waals surface area contributed by atoms with Gasteiger partial charge < -0.3 is 25.0 Å². The number of aryl methyl sites for hydroxylation is 1. The lowest BCUT2D eigenvalue weighted by atomic mass is 10.0. The second-order valence-electron chi connectivity index (χ2n) is 10.5. The van der Waals surface area contributed by atoms with Gasteiger partial charge in [-0.2, -0.15) is 10.1 Å². The van der Waals surface area contributed by atoms with Crippen LogP contribution in [0, 0.1) is 5.82 Å². The van der Waals surface area contributed by atoms with Gasteiger partial charge >= 0.3 is 6.01 Å². The Hall–Kier alpha value is -3.83. The highest BCUT2D eigenvalue weighted by atomic mass is 19.1. The molecule has 2 N–H and O–H groups in total. The molecule has 0 bridgehead atoms. The summed E-state index contributed by atoms with van der Waals surface area (Å²) in [6.07, 6.45) is 5.44. The molecule has 4 heterocycles. The Morgan fingerprint density at radius 1 is 1.23 bits per heavy atom. The molecule has 2 saturated heterocycles. The second kappa shape index (κ2) is 10.4. The first-order valence-electron chi connectivity index (χ1n) is 13.3. The fourth-order valence-corrected chi connectivity index (χ4v) is 5.42. The minimum Gasteiger partial charge on any atom is -0.463 e. The molecule has 2 aliphatic heterocycles. The number of hydrogen-bond acceptors (Lipinski definition) is 8. The normalized spacial score (nSPS) is 21.2. The number of aromatic nitrogens is 4. The zero-order valence-electron chi connectivity index (χ0n) is 22.3. The Kier molecular flexibility index (Phi) is 6.78. The molecule has 2 aliphatic rings. The quantitative estimate of drug-likeness (QED) is 0.371. The van der Waals surface area contributed by atoms with Crippen LogP contribution in [0.5, 0.6) is 6.01 Å². The molecule has 3 atom stereocenters. The van der Waals surface area contributed by atoms with Gasteiger partial charge in [0.15, 0.2) is 5.82 Å². The van der Waals surface area contributed by atoms with Crippen molar-refractivity contribution in [2.45, 2.75) is 44.9 Å². The molecule has 2 aromatic carbocycles. The monoisotopic (exact) mass is 533 g/mol. The Bertz CT molecular complexity index is 1530. The summed E-state index contributed by atoms with van der Waals surface area (Å²) >= 11 is 0. The molecule has 10 nitrogen and oxygen atoms in total. The number of hydrogen-bond donors (Lipinski definition) is 2. The topological polar surface area (TPSA) is 106 Å². The third kappa shape index (κ3) is 5.24. The Morgan fingerprint density at radius 2 is 2.03 bits per heavy atom. The third-order valence-corrected chi connectivity index (χ3v) is 7.25. The van der Waals surface area contributed by atoms with Crippen LogP contribution in [0.3, 0.4) is 0 Å². The van der Waals surface area contributed by atoms with Crippen molar-refractivity contribution in [3.8, 4) is 6.01 Å². The van der Waals surface area contributed by atoms with E-state index in [2.05, 4.69) is 44.4 Å². The number of halogens is 1. The van der Waals surface area contributed by atoms with Crippen LogP contribution in [0.25, 0.3) is 21.8 Å². The SMILES string of the molecule is CC1CN(c2ccc(C(=O)Nc3cc(F)c4nn(C)cc4c3)c3nc(OCCC4CCO4)ncc23)CC(C)N1. The first kappa shape index (κ1) is 25.4. The van der Waals surface area contributed by atoms with Crippen LogP contribution in [-0.2, 0) is 11.8 Å². The molecule has 3 unspecified atom stereocenters. The van der Waals surface area contributed by atoms with Crippen LogP contribution in [0.15, 0.2) is 36.7 Å². The number of carbonyl (C=O) groups excluding carboxylic acids is 1. The fourth-order valence-electron chi connectivity index (χ4n) is 5.42. The minimum atomic E-state index is -0.501. The smallest absolute Gasteiger partial charge is 0.316 e. The fraction of sp³-hybridized carbons (Fsp3) is 0.429. The van der Waals surface area contributed by atoms with Crippen molar-refractivity contribution in [1.29, 1.82) is 0 Å². The Morgan fingerprint density at radius 3 is 2.77 bits per heavy atom. The number of piperazine rings is 1. The maximum absolute atomic E-state index is 14.7. The van der Waals surface area contributed by atoms with E-state index in [1.54, 1.807) is 36.3 Å². The van der Waals surface area contributed by atoms with E-state index in [4.69, 9.17) is 9.47 Å². The first-order valence-corrected chi connectivity index (χ1v) is 13.3. The molecule has 0 radical (unpaired) electrons. The molecule has 2 aromatic heterocycles. The molecular formula is C28H32FN7O3. The summed E-state index contributed by atoms with van der Waals surface area (Å²) in [4.78, 5) is 25.0. The molecule has 1 amide bonds.